The van der Waals surface area contributed by atoms with Crippen LogP contribution in [0.25, 0.3) is 20.7 Å². The Morgan fingerprint density at radius 2 is 1.90 bits per heavy atom. The minimum Gasteiger partial charge on any atom is -0.350 e. The molecule has 0 unspecified atom stereocenters. The Labute approximate surface area is 182 Å². The minimum absolute atomic E-state index is 0.0553. The zero-order chi connectivity index (χ0) is 21.1. The molecule has 1 aromatic carbocycles. The van der Waals surface area contributed by atoms with Crippen LogP contribution in [0.1, 0.15) is 11.1 Å². The number of nitrogens with zero attached hydrogens (tertiary/aromatic N) is 3. The van der Waals surface area contributed by atoms with Gasteiger partial charge < -0.3 is 10.2 Å². The highest BCUT2D eigenvalue weighted by Crippen LogP contribution is 2.33. The highest BCUT2D eigenvalue weighted by Gasteiger charge is 2.15. The molecule has 0 aliphatic carbocycles. The van der Waals surface area contributed by atoms with Gasteiger partial charge in [-0.1, -0.05) is 30.3 Å². The number of carbonyl (C=O) groups excluding carboxylic acids is 1. The fourth-order valence-corrected chi connectivity index (χ4v) is 4.95. The predicted octanol–water partition coefficient (Wildman–Crippen LogP) is 3.56. The van der Waals surface area contributed by atoms with E-state index < -0.39 is 0 Å². The maximum atomic E-state index is 13.0. The number of nitrogens with one attached hydrogen (secondary N) is 1. The van der Waals surface area contributed by atoms with Gasteiger partial charge in [-0.25, -0.2) is 4.98 Å². The second-order valence-electron chi connectivity index (χ2n) is 7.32. The summed E-state index contributed by atoms with van der Waals surface area (Å²) in [4.78, 5) is 33.6. The van der Waals surface area contributed by atoms with Crippen molar-refractivity contribution in [2.24, 2.45) is 0 Å². The third kappa shape index (κ3) is 4.51. The summed E-state index contributed by atoms with van der Waals surface area (Å²) in [7, 11) is 4.06. The van der Waals surface area contributed by atoms with Gasteiger partial charge in [-0.15, -0.1) is 22.7 Å². The van der Waals surface area contributed by atoms with Crippen LogP contribution >= 0.6 is 22.7 Å². The number of hydrogen-bond acceptors (Lipinski definition) is 6. The second kappa shape index (κ2) is 8.91. The number of fused-ring (bicyclic) bond motifs is 1. The summed E-state index contributed by atoms with van der Waals surface area (Å²) in [5.74, 6) is -0.219. The van der Waals surface area contributed by atoms with E-state index in [0.717, 1.165) is 22.5 Å². The number of benzene rings is 1. The SMILES string of the molecule is CN(C)Cc1ccc(CNC(=O)Cn2cnc3scc(-c4cccs4)c3c2=O)cc1. The molecule has 0 aliphatic heterocycles. The van der Waals surface area contributed by atoms with Gasteiger partial charge in [0.1, 0.15) is 11.4 Å². The lowest BCUT2D eigenvalue weighted by Crippen LogP contribution is -2.32. The summed E-state index contributed by atoms with van der Waals surface area (Å²) < 4.78 is 1.38. The van der Waals surface area contributed by atoms with Crippen LogP contribution in [0.15, 0.2) is 58.3 Å². The summed E-state index contributed by atoms with van der Waals surface area (Å²) in [5, 5.41) is 7.40. The number of hydrogen-bond donors (Lipinski definition) is 1. The van der Waals surface area contributed by atoms with Gasteiger partial charge in [0.05, 0.1) is 11.7 Å². The molecule has 0 radical (unpaired) electrons. The molecule has 0 bridgehead atoms. The van der Waals surface area contributed by atoms with Gasteiger partial charge in [0, 0.05) is 28.9 Å². The number of amides is 1. The van der Waals surface area contributed by atoms with E-state index in [1.54, 1.807) is 11.3 Å². The van der Waals surface area contributed by atoms with Gasteiger partial charge in [0.15, 0.2) is 0 Å². The Kier molecular flexibility index (Phi) is 6.08. The van der Waals surface area contributed by atoms with Crippen LogP contribution < -0.4 is 10.9 Å². The van der Waals surface area contributed by atoms with Crippen molar-refractivity contribution in [3.63, 3.8) is 0 Å². The Bertz CT molecular complexity index is 1210. The number of rotatable bonds is 7. The first-order valence-corrected chi connectivity index (χ1v) is 11.3. The van der Waals surface area contributed by atoms with E-state index >= 15 is 0 Å². The Hall–Kier alpha value is -2.81. The van der Waals surface area contributed by atoms with E-state index in [-0.39, 0.29) is 18.0 Å². The van der Waals surface area contributed by atoms with Crippen molar-refractivity contribution < 1.29 is 4.79 Å². The summed E-state index contributed by atoms with van der Waals surface area (Å²) in [6, 6.07) is 12.1. The molecule has 6 nitrogen and oxygen atoms in total. The Balaban J connectivity index is 1.45. The van der Waals surface area contributed by atoms with Crippen molar-refractivity contribution in [2.75, 3.05) is 14.1 Å². The quantitative estimate of drug-likeness (QED) is 0.479. The molecule has 0 aliphatic rings. The zero-order valence-corrected chi connectivity index (χ0v) is 18.4. The minimum atomic E-state index is -0.219. The van der Waals surface area contributed by atoms with Crippen LogP contribution in [-0.2, 0) is 24.4 Å². The van der Waals surface area contributed by atoms with Gasteiger partial charge in [0.25, 0.3) is 5.56 Å². The standard InChI is InChI=1S/C22H22N4O2S2/c1-25(2)11-16-7-5-15(6-8-16)10-23-19(27)12-26-14-24-21-20(22(26)28)17(13-30-21)18-4-3-9-29-18/h3-9,13-14H,10-12H2,1-2H3,(H,23,27). The van der Waals surface area contributed by atoms with E-state index in [9.17, 15) is 9.59 Å². The third-order valence-electron chi connectivity index (χ3n) is 4.67. The lowest BCUT2D eigenvalue weighted by molar-refractivity contribution is -0.121. The molecule has 4 aromatic rings. The van der Waals surface area contributed by atoms with E-state index in [2.05, 4.69) is 27.3 Å². The molecule has 30 heavy (non-hydrogen) atoms. The van der Waals surface area contributed by atoms with Crippen molar-refractivity contribution in [1.82, 2.24) is 19.8 Å². The normalized spacial score (nSPS) is 11.3. The van der Waals surface area contributed by atoms with Crippen molar-refractivity contribution in [3.05, 3.63) is 75.0 Å². The molecule has 0 fully saturated rings. The molecule has 0 saturated heterocycles. The second-order valence-corrected chi connectivity index (χ2v) is 9.12. The topological polar surface area (TPSA) is 67.2 Å². The lowest BCUT2D eigenvalue weighted by Gasteiger charge is -2.11. The number of thiophene rings is 2. The molecular weight excluding hydrogens is 416 g/mol. The first kappa shape index (κ1) is 20.5. The molecule has 0 spiro atoms. The largest absolute Gasteiger partial charge is 0.350 e. The molecule has 3 heterocycles. The van der Waals surface area contributed by atoms with Gasteiger partial charge in [-0.3, -0.25) is 14.2 Å². The van der Waals surface area contributed by atoms with Crippen LogP contribution in [-0.4, -0.2) is 34.5 Å². The van der Waals surface area contributed by atoms with Crippen LogP contribution in [0, 0.1) is 0 Å². The van der Waals surface area contributed by atoms with Gasteiger partial charge in [0.2, 0.25) is 5.91 Å². The highest BCUT2D eigenvalue weighted by atomic mass is 32.1. The van der Waals surface area contributed by atoms with Crippen molar-refractivity contribution in [2.45, 2.75) is 19.6 Å². The van der Waals surface area contributed by atoms with Gasteiger partial charge in [-0.2, -0.15) is 0 Å². The van der Waals surface area contributed by atoms with Crippen molar-refractivity contribution in [3.8, 4) is 10.4 Å². The van der Waals surface area contributed by atoms with Gasteiger partial charge >= 0.3 is 0 Å². The fraction of sp³-hybridized carbons (Fsp3) is 0.227. The molecule has 0 saturated carbocycles. The smallest absolute Gasteiger partial charge is 0.263 e. The Morgan fingerprint density at radius 1 is 1.13 bits per heavy atom. The number of aromatic nitrogens is 2. The zero-order valence-electron chi connectivity index (χ0n) is 16.8. The maximum absolute atomic E-state index is 13.0. The lowest BCUT2D eigenvalue weighted by atomic mass is 10.1. The molecular formula is C22H22N4O2S2. The average molecular weight is 439 g/mol. The molecule has 1 amide bonds. The highest BCUT2D eigenvalue weighted by molar-refractivity contribution is 7.18. The number of carbonyl (C=O) groups is 1. The first-order chi connectivity index (χ1) is 14.5. The molecule has 154 valence electrons. The summed E-state index contributed by atoms with van der Waals surface area (Å²) in [6.45, 7) is 1.24. The van der Waals surface area contributed by atoms with Crippen molar-refractivity contribution >= 4 is 38.8 Å². The average Bonchev–Trinajstić information content (AvgIpc) is 3.39. The summed E-state index contributed by atoms with van der Waals surface area (Å²) in [5.41, 5.74) is 2.94. The van der Waals surface area contributed by atoms with Crippen LogP contribution in [0.3, 0.4) is 0 Å². The van der Waals surface area contributed by atoms with Crippen LogP contribution in [0.2, 0.25) is 0 Å². The predicted molar refractivity (Wildman–Crippen MR) is 123 cm³/mol. The fourth-order valence-electron chi connectivity index (χ4n) is 3.23. The molecule has 3 aromatic heterocycles. The molecule has 1 N–H and O–H groups in total. The van der Waals surface area contributed by atoms with E-state index in [0.29, 0.717) is 16.8 Å². The van der Waals surface area contributed by atoms with E-state index in [4.69, 9.17) is 0 Å². The molecule has 8 heteroatoms. The van der Waals surface area contributed by atoms with E-state index in [1.165, 1.54) is 27.8 Å². The van der Waals surface area contributed by atoms with Crippen LogP contribution in [0.5, 0.6) is 0 Å². The first-order valence-electron chi connectivity index (χ1n) is 9.51. The maximum Gasteiger partial charge on any atom is 0.263 e. The van der Waals surface area contributed by atoms with E-state index in [1.807, 2.05) is 49.1 Å². The Morgan fingerprint density at radius 3 is 2.60 bits per heavy atom. The van der Waals surface area contributed by atoms with Crippen LogP contribution in [0.4, 0.5) is 0 Å². The third-order valence-corrected chi connectivity index (χ3v) is 6.46. The van der Waals surface area contributed by atoms with Crippen molar-refractivity contribution in [1.29, 1.82) is 0 Å². The molecule has 0 atom stereocenters. The summed E-state index contributed by atoms with van der Waals surface area (Å²) in [6.07, 6.45) is 1.45. The monoisotopic (exact) mass is 438 g/mol. The summed E-state index contributed by atoms with van der Waals surface area (Å²) >= 11 is 3.03. The molecule has 4 rings (SSSR count). The van der Waals surface area contributed by atoms with Gasteiger partial charge in [-0.05, 0) is 36.7 Å².